The summed E-state index contributed by atoms with van der Waals surface area (Å²) in [6, 6.07) is 3.77. The van der Waals surface area contributed by atoms with Crippen LogP contribution < -0.4 is 0 Å². The zero-order valence-electron chi connectivity index (χ0n) is 8.38. The first-order valence-corrected chi connectivity index (χ1v) is 4.32. The predicted octanol–water partition coefficient (Wildman–Crippen LogP) is 1.12. The molecule has 4 nitrogen and oxygen atoms in total. The Morgan fingerprint density at radius 1 is 1.36 bits per heavy atom. The minimum atomic E-state index is -0.270. The van der Waals surface area contributed by atoms with Gasteiger partial charge in [-0.25, -0.2) is 0 Å². The molecule has 0 fully saturated rings. The molecule has 0 spiro atoms. The Morgan fingerprint density at radius 3 is 2.57 bits per heavy atom. The number of pyridine rings is 1. The highest BCUT2D eigenvalue weighted by Crippen LogP contribution is 1.94. The van der Waals surface area contributed by atoms with Gasteiger partial charge >= 0.3 is 0 Å². The van der Waals surface area contributed by atoms with E-state index in [1.54, 1.807) is 32.8 Å². The van der Waals surface area contributed by atoms with Crippen LogP contribution >= 0.6 is 0 Å². The van der Waals surface area contributed by atoms with E-state index in [4.69, 9.17) is 9.47 Å². The van der Waals surface area contributed by atoms with Crippen LogP contribution in [0.1, 0.15) is 5.56 Å². The van der Waals surface area contributed by atoms with Gasteiger partial charge in [0.1, 0.15) is 0 Å². The molecule has 0 unspecified atom stereocenters. The SMILES string of the molecule is COC(CN=Cc1ccncc1)OC. The molecule has 0 bridgehead atoms. The monoisotopic (exact) mass is 194 g/mol. The summed E-state index contributed by atoms with van der Waals surface area (Å²) < 4.78 is 9.98. The van der Waals surface area contributed by atoms with Gasteiger partial charge in [-0.3, -0.25) is 9.98 Å². The molecule has 0 saturated carbocycles. The molecule has 1 aromatic heterocycles. The standard InChI is InChI=1S/C10H14N2O2/c1-13-10(14-2)8-12-7-9-3-5-11-6-4-9/h3-7,10H,8H2,1-2H3. The molecule has 4 heteroatoms. The molecule has 1 rings (SSSR count). The summed E-state index contributed by atoms with van der Waals surface area (Å²) in [6.45, 7) is 0.495. The number of hydrogen-bond acceptors (Lipinski definition) is 4. The molecule has 0 aliphatic heterocycles. The largest absolute Gasteiger partial charge is 0.354 e. The molecule has 0 saturated heterocycles. The van der Waals surface area contributed by atoms with Crippen molar-refractivity contribution >= 4 is 6.21 Å². The fourth-order valence-electron chi connectivity index (χ4n) is 0.939. The van der Waals surface area contributed by atoms with E-state index in [0.717, 1.165) is 5.56 Å². The number of ether oxygens (including phenoxy) is 2. The van der Waals surface area contributed by atoms with Crippen LogP contribution in [0.2, 0.25) is 0 Å². The molecular weight excluding hydrogens is 180 g/mol. The van der Waals surface area contributed by atoms with Gasteiger partial charge in [-0.05, 0) is 17.7 Å². The maximum atomic E-state index is 4.99. The number of hydrogen-bond donors (Lipinski definition) is 0. The maximum absolute atomic E-state index is 4.99. The van der Waals surface area contributed by atoms with Crippen LogP contribution in [0, 0.1) is 0 Å². The molecule has 0 amide bonds. The van der Waals surface area contributed by atoms with Crippen molar-refractivity contribution in [2.24, 2.45) is 4.99 Å². The lowest BCUT2D eigenvalue weighted by atomic mass is 10.3. The summed E-state index contributed by atoms with van der Waals surface area (Å²) in [7, 11) is 3.19. The molecule has 0 aromatic carbocycles. The molecule has 0 aliphatic rings. The van der Waals surface area contributed by atoms with Crippen molar-refractivity contribution in [3.05, 3.63) is 30.1 Å². The number of nitrogens with zero attached hydrogens (tertiary/aromatic N) is 2. The highest BCUT2D eigenvalue weighted by atomic mass is 16.7. The van der Waals surface area contributed by atoms with Gasteiger partial charge in [0.05, 0.1) is 6.54 Å². The molecule has 0 N–H and O–H groups in total. The third kappa shape index (κ3) is 3.64. The second-order valence-electron chi connectivity index (χ2n) is 2.68. The number of rotatable bonds is 5. The van der Waals surface area contributed by atoms with E-state index in [2.05, 4.69) is 9.98 Å². The van der Waals surface area contributed by atoms with Crippen molar-refractivity contribution in [1.82, 2.24) is 4.98 Å². The van der Waals surface area contributed by atoms with Gasteiger partial charge in [0, 0.05) is 32.8 Å². The summed E-state index contributed by atoms with van der Waals surface area (Å²) in [6.07, 6.45) is 4.96. The normalized spacial score (nSPS) is 11.4. The van der Waals surface area contributed by atoms with E-state index >= 15 is 0 Å². The Balaban J connectivity index is 2.41. The van der Waals surface area contributed by atoms with Crippen LogP contribution in [0.5, 0.6) is 0 Å². The van der Waals surface area contributed by atoms with Gasteiger partial charge in [-0.1, -0.05) is 0 Å². The van der Waals surface area contributed by atoms with Crippen LogP contribution in [0.3, 0.4) is 0 Å². The van der Waals surface area contributed by atoms with E-state index in [1.807, 2.05) is 12.1 Å². The lowest BCUT2D eigenvalue weighted by Gasteiger charge is -2.09. The van der Waals surface area contributed by atoms with Crippen molar-refractivity contribution < 1.29 is 9.47 Å². The molecule has 1 aromatic rings. The second-order valence-corrected chi connectivity index (χ2v) is 2.68. The Hall–Kier alpha value is -1.26. The first-order chi connectivity index (χ1) is 6.86. The van der Waals surface area contributed by atoms with Crippen molar-refractivity contribution in [3.63, 3.8) is 0 Å². The van der Waals surface area contributed by atoms with Crippen LogP contribution in [-0.4, -0.2) is 38.3 Å². The number of methoxy groups -OCH3 is 2. The summed E-state index contributed by atoms with van der Waals surface area (Å²) in [5, 5.41) is 0. The van der Waals surface area contributed by atoms with Crippen LogP contribution in [0.25, 0.3) is 0 Å². The molecule has 0 radical (unpaired) electrons. The molecule has 0 atom stereocenters. The predicted molar refractivity (Wildman–Crippen MR) is 54.5 cm³/mol. The first-order valence-electron chi connectivity index (χ1n) is 4.32. The lowest BCUT2D eigenvalue weighted by molar-refractivity contribution is -0.0936. The van der Waals surface area contributed by atoms with Crippen molar-refractivity contribution in [2.45, 2.75) is 6.29 Å². The van der Waals surface area contributed by atoms with Crippen LogP contribution in [-0.2, 0) is 9.47 Å². The van der Waals surface area contributed by atoms with Gasteiger partial charge in [0.25, 0.3) is 0 Å². The topological polar surface area (TPSA) is 43.7 Å². The van der Waals surface area contributed by atoms with E-state index in [0.29, 0.717) is 6.54 Å². The van der Waals surface area contributed by atoms with Gasteiger partial charge in [-0.15, -0.1) is 0 Å². The zero-order chi connectivity index (χ0) is 10.2. The Morgan fingerprint density at radius 2 is 2.00 bits per heavy atom. The van der Waals surface area contributed by atoms with E-state index in [1.165, 1.54) is 0 Å². The summed E-state index contributed by atoms with van der Waals surface area (Å²) in [5.74, 6) is 0. The highest BCUT2D eigenvalue weighted by molar-refractivity contribution is 5.79. The Bertz CT molecular complexity index is 271. The minimum absolute atomic E-state index is 0.270. The lowest BCUT2D eigenvalue weighted by Crippen LogP contribution is -2.16. The van der Waals surface area contributed by atoms with Crippen LogP contribution in [0.15, 0.2) is 29.5 Å². The van der Waals surface area contributed by atoms with Gasteiger partial charge in [-0.2, -0.15) is 0 Å². The number of aliphatic imine (C=N–C) groups is 1. The van der Waals surface area contributed by atoms with Crippen molar-refractivity contribution in [3.8, 4) is 0 Å². The third-order valence-corrected chi connectivity index (χ3v) is 1.73. The Labute approximate surface area is 83.6 Å². The summed E-state index contributed by atoms with van der Waals surface area (Å²) in [4.78, 5) is 8.09. The van der Waals surface area contributed by atoms with Gasteiger partial charge in [0.15, 0.2) is 6.29 Å². The number of aromatic nitrogens is 1. The molecule has 1 heterocycles. The van der Waals surface area contributed by atoms with Gasteiger partial charge < -0.3 is 9.47 Å². The minimum Gasteiger partial charge on any atom is -0.354 e. The zero-order valence-corrected chi connectivity index (χ0v) is 8.38. The first kappa shape index (κ1) is 10.8. The molecule has 76 valence electrons. The molecule has 14 heavy (non-hydrogen) atoms. The maximum Gasteiger partial charge on any atom is 0.176 e. The quantitative estimate of drug-likeness (QED) is 0.521. The molecule has 0 aliphatic carbocycles. The van der Waals surface area contributed by atoms with Gasteiger partial charge in [0.2, 0.25) is 0 Å². The van der Waals surface area contributed by atoms with E-state index in [-0.39, 0.29) is 6.29 Å². The fourth-order valence-corrected chi connectivity index (χ4v) is 0.939. The third-order valence-electron chi connectivity index (χ3n) is 1.73. The second kappa shape index (κ2) is 6.23. The van der Waals surface area contributed by atoms with Crippen molar-refractivity contribution in [2.75, 3.05) is 20.8 Å². The van der Waals surface area contributed by atoms with Crippen LogP contribution in [0.4, 0.5) is 0 Å². The van der Waals surface area contributed by atoms with E-state index < -0.39 is 0 Å². The highest BCUT2D eigenvalue weighted by Gasteiger charge is 2.00. The molecular formula is C10H14N2O2. The summed E-state index contributed by atoms with van der Waals surface area (Å²) in [5.41, 5.74) is 1.02. The van der Waals surface area contributed by atoms with E-state index in [9.17, 15) is 0 Å². The average molecular weight is 194 g/mol. The fraction of sp³-hybridized carbons (Fsp3) is 0.400. The average Bonchev–Trinajstić information content (AvgIpc) is 2.26. The summed E-state index contributed by atoms with van der Waals surface area (Å²) >= 11 is 0. The smallest absolute Gasteiger partial charge is 0.176 e. The van der Waals surface area contributed by atoms with Crippen molar-refractivity contribution in [1.29, 1.82) is 0 Å². The Kier molecular flexibility index (Phi) is 4.82.